The summed E-state index contributed by atoms with van der Waals surface area (Å²) in [5.74, 6) is -11.2. The van der Waals surface area contributed by atoms with Crippen LogP contribution in [0.3, 0.4) is 0 Å². The summed E-state index contributed by atoms with van der Waals surface area (Å²) in [6.07, 6.45) is -16.3. The highest BCUT2D eigenvalue weighted by Crippen LogP contribution is 2.48. The van der Waals surface area contributed by atoms with Gasteiger partial charge in [0.1, 0.15) is 0 Å². The molecule has 0 aromatic rings. The topological polar surface area (TPSA) is 18.5 Å². The molecule has 2 nitrogen and oxygen atoms in total. The molecule has 11 heteroatoms. The van der Waals surface area contributed by atoms with Crippen molar-refractivity contribution >= 4 is 0 Å². The van der Waals surface area contributed by atoms with E-state index < -0.39 is 36.0 Å². The summed E-state index contributed by atoms with van der Waals surface area (Å²) < 4.78 is 120. The van der Waals surface area contributed by atoms with E-state index in [1.165, 1.54) is 0 Å². The van der Waals surface area contributed by atoms with Crippen LogP contribution in [0.25, 0.3) is 0 Å². The van der Waals surface area contributed by atoms with E-state index >= 15 is 0 Å². The van der Waals surface area contributed by atoms with E-state index in [0.29, 0.717) is 6.92 Å². The first-order chi connectivity index (χ1) is 8.63. The Labute approximate surface area is 107 Å². The average Bonchev–Trinajstić information content (AvgIpc) is 2.27. The maximum absolute atomic E-state index is 12.8. The van der Waals surface area contributed by atoms with Gasteiger partial charge >= 0.3 is 24.1 Å². The average molecular weight is 320 g/mol. The van der Waals surface area contributed by atoms with Gasteiger partial charge in [-0.2, -0.15) is 35.1 Å². The summed E-state index contributed by atoms with van der Waals surface area (Å²) in [5.41, 5.74) is -1.33. The van der Waals surface area contributed by atoms with Crippen LogP contribution in [0.2, 0.25) is 0 Å². The molecule has 0 amide bonds. The minimum atomic E-state index is -6.38. The van der Waals surface area contributed by atoms with Crippen molar-refractivity contribution in [1.82, 2.24) is 0 Å². The quantitative estimate of drug-likeness (QED) is 0.522. The summed E-state index contributed by atoms with van der Waals surface area (Å²) in [4.78, 5) is 0. The van der Waals surface area contributed by atoms with Crippen LogP contribution in [0.4, 0.5) is 39.5 Å². The normalized spacial score (nSPS) is 16.1. The van der Waals surface area contributed by atoms with Crippen molar-refractivity contribution in [3.63, 3.8) is 0 Å². The SMILES string of the molecule is C=C(C)C(F)(F)C(F)OC(F)(F)C(F)(F)C(F)(F)OC. The minimum absolute atomic E-state index is 0.0423. The zero-order valence-corrected chi connectivity index (χ0v) is 10.0. The van der Waals surface area contributed by atoms with E-state index in [0.717, 1.165) is 0 Å². The van der Waals surface area contributed by atoms with Gasteiger partial charge in [0, 0.05) is 7.11 Å². The van der Waals surface area contributed by atoms with Crippen molar-refractivity contribution in [3.05, 3.63) is 12.2 Å². The van der Waals surface area contributed by atoms with Gasteiger partial charge in [-0.1, -0.05) is 6.58 Å². The van der Waals surface area contributed by atoms with E-state index in [-0.39, 0.29) is 7.11 Å². The Bertz CT molecular complexity index is 366. The molecular formula is C9H9F9O2. The van der Waals surface area contributed by atoms with Crippen LogP contribution in [0.5, 0.6) is 0 Å². The predicted molar refractivity (Wildman–Crippen MR) is 47.6 cm³/mol. The molecule has 0 saturated heterocycles. The van der Waals surface area contributed by atoms with Crippen LogP contribution >= 0.6 is 0 Å². The summed E-state index contributed by atoms with van der Waals surface area (Å²) in [6.45, 7) is 3.03. The maximum Gasteiger partial charge on any atom is 0.431 e. The van der Waals surface area contributed by atoms with Crippen molar-refractivity contribution < 1.29 is 49.0 Å². The standard InChI is InChI=1S/C9H9F9O2/c1-4(2)6(11,12)5(10)20-9(17,18)7(13,14)8(15,16)19-3/h5H,1H2,2-3H3. The van der Waals surface area contributed by atoms with Crippen LogP contribution < -0.4 is 0 Å². The Hall–Kier alpha value is -0.970. The Morgan fingerprint density at radius 1 is 0.950 bits per heavy atom. The van der Waals surface area contributed by atoms with Gasteiger partial charge in [0.05, 0.1) is 0 Å². The first-order valence-electron chi connectivity index (χ1n) is 4.67. The van der Waals surface area contributed by atoms with Crippen molar-refractivity contribution in [2.45, 2.75) is 37.3 Å². The summed E-state index contributed by atoms with van der Waals surface area (Å²) >= 11 is 0. The molecule has 120 valence electrons. The molecule has 20 heavy (non-hydrogen) atoms. The van der Waals surface area contributed by atoms with E-state index in [4.69, 9.17) is 0 Å². The predicted octanol–water partition coefficient (Wildman–Crippen LogP) is 3.98. The minimum Gasteiger partial charge on any atom is -0.319 e. The number of ether oxygens (including phenoxy) is 2. The third-order valence-corrected chi connectivity index (χ3v) is 2.09. The molecule has 0 aromatic carbocycles. The van der Waals surface area contributed by atoms with Crippen molar-refractivity contribution in [2.24, 2.45) is 0 Å². The lowest BCUT2D eigenvalue weighted by Crippen LogP contribution is -2.58. The molecule has 0 aromatic heterocycles. The highest BCUT2D eigenvalue weighted by atomic mass is 19.4. The molecule has 0 saturated carbocycles. The van der Waals surface area contributed by atoms with Gasteiger partial charge in [0.2, 0.25) is 0 Å². The summed E-state index contributed by atoms with van der Waals surface area (Å²) in [6, 6.07) is 0. The van der Waals surface area contributed by atoms with Crippen molar-refractivity contribution in [2.75, 3.05) is 7.11 Å². The molecule has 0 radical (unpaired) electrons. The lowest BCUT2D eigenvalue weighted by Gasteiger charge is -2.32. The summed E-state index contributed by atoms with van der Waals surface area (Å²) in [5, 5.41) is 0. The Kier molecular flexibility index (Phi) is 5.17. The van der Waals surface area contributed by atoms with E-state index in [1.54, 1.807) is 0 Å². The van der Waals surface area contributed by atoms with Crippen LogP contribution in [0, 0.1) is 0 Å². The van der Waals surface area contributed by atoms with E-state index in [1.807, 2.05) is 0 Å². The van der Waals surface area contributed by atoms with Crippen LogP contribution in [-0.2, 0) is 9.47 Å². The smallest absolute Gasteiger partial charge is 0.319 e. The number of hydrogen-bond donors (Lipinski definition) is 0. The van der Waals surface area contributed by atoms with Crippen LogP contribution in [0.1, 0.15) is 6.92 Å². The largest absolute Gasteiger partial charge is 0.431 e. The molecule has 0 heterocycles. The molecule has 0 aliphatic heterocycles. The fraction of sp³-hybridized carbons (Fsp3) is 0.778. The number of halogens is 9. The third-order valence-electron chi connectivity index (χ3n) is 2.09. The van der Waals surface area contributed by atoms with Gasteiger partial charge in [-0.15, -0.1) is 0 Å². The Balaban J connectivity index is 5.33. The van der Waals surface area contributed by atoms with Gasteiger partial charge in [0.15, 0.2) is 0 Å². The molecule has 0 spiro atoms. The van der Waals surface area contributed by atoms with Gasteiger partial charge in [-0.3, -0.25) is 4.74 Å². The highest BCUT2D eigenvalue weighted by molar-refractivity contribution is 5.05. The molecule has 0 fully saturated rings. The second-order valence-corrected chi connectivity index (χ2v) is 3.65. The van der Waals surface area contributed by atoms with Gasteiger partial charge < -0.3 is 4.74 Å². The first kappa shape index (κ1) is 19.0. The van der Waals surface area contributed by atoms with Crippen LogP contribution in [-0.4, -0.2) is 37.5 Å². The molecule has 0 aliphatic rings. The van der Waals surface area contributed by atoms with E-state index in [2.05, 4.69) is 16.1 Å². The van der Waals surface area contributed by atoms with E-state index in [9.17, 15) is 39.5 Å². The lowest BCUT2D eigenvalue weighted by atomic mass is 10.2. The first-order valence-corrected chi connectivity index (χ1v) is 4.67. The number of rotatable bonds is 7. The molecular weight excluding hydrogens is 311 g/mol. The third kappa shape index (κ3) is 3.19. The zero-order chi connectivity index (χ0) is 16.6. The second-order valence-electron chi connectivity index (χ2n) is 3.65. The second kappa shape index (κ2) is 5.43. The van der Waals surface area contributed by atoms with Crippen LogP contribution in [0.15, 0.2) is 12.2 Å². The van der Waals surface area contributed by atoms with Gasteiger partial charge in [-0.25, -0.2) is 4.39 Å². The lowest BCUT2D eigenvalue weighted by molar-refractivity contribution is -0.465. The molecule has 1 atom stereocenters. The molecule has 1 unspecified atom stereocenters. The van der Waals surface area contributed by atoms with Crippen molar-refractivity contribution in [1.29, 1.82) is 0 Å². The molecule has 0 bridgehead atoms. The van der Waals surface area contributed by atoms with Gasteiger partial charge in [0.25, 0.3) is 6.36 Å². The highest BCUT2D eigenvalue weighted by Gasteiger charge is 2.75. The fourth-order valence-corrected chi connectivity index (χ4v) is 0.769. The molecule has 0 N–H and O–H groups in total. The number of alkyl halides is 9. The number of methoxy groups -OCH3 is 1. The summed E-state index contributed by atoms with van der Waals surface area (Å²) in [7, 11) is -0.0423. The fourth-order valence-electron chi connectivity index (χ4n) is 0.769. The zero-order valence-electron chi connectivity index (χ0n) is 10.0. The molecule has 0 aliphatic carbocycles. The number of hydrogen-bond acceptors (Lipinski definition) is 2. The van der Waals surface area contributed by atoms with Gasteiger partial charge in [-0.05, 0) is 12.5 Å². The van der Waals surface area contributed by atoms with Crippen molar-refractivity contribution in [3.8, 4) is 0 Å². The monoisotopic (exact) mass is 320 g/mol. The Morgan fingerprint density at radius 3 is 1.65 bits per heavy atom. The Morgan fingerprint density at radius 2 is 1.35 bits per heavy atom. The molecule has 0 rings (SSSR count). The maximum atomic E-state index is 12.8.